The molecule has 0 unspecified atom stereocenters. The maximum Gasteiger partial charge on any atom is 0.300 e. The van der Waals surface area contributed by atoms with Gasteiger partial charge in [-0.1, -0.05) is 6.07 Å². The Morgan fingerprint density at radius 3 is 2.43 bits per heavy atom. The van der Waals surface area contributed by atoms with Crippen LogP contribution in [0.3, 0.4) is 0 Å². The number of nitriles is 1. The Labute approximate surface area is 199 Å². The van der Waals surface area contributed by atoms with Crippen LogP contribution in [0.15, 0.2) is 36.5 Å². The van der Waals surface area contributed by atoms with Gasteiger partial charge in [-0.15, -0.1) is 0 Å². The number of hydrogen-bond donors (Lipinski definition) is 3. The molecule has 1 aliphatic carbocycles. The monoisotopic (exact) mass is 505 g/mol. The molecule has 182 valence electrons. The van der Waals surface area contributed by atoms with Crippen molar-refractivity contribution in [2.45, 2.75) is 25.2 Å². The first-order valence-electron chi connectivity index (χ1n) is 10.5. The highest BCUT2D eigenvalue weighted by Gasteiger charge is 2.25. The molecule has 0 radical (unpaired) electrons. The number of pyridine rings is 1. The van der Waals surface area contributed by atoms with Crippen molar-refractivity contribution < 1.29 is 26.0 Å². The lowest BCUT2D eigenvalue weighted by atomic mass is 10.0. The van der Waals surface area contributed by atoms with Gasteiger partial charge in [-0.05, 0) is 59.7 Å². The molecule has 4 rings (SSSR count). The highest BCUT2D eigenvalue weighted by Crippen LogP contribution is 2.41. The molecule has 1 fully saturated rings. The van der Waals surface area contributed by atoms with Gasteiger partial charge < -0.3 is 5.32 Å². The molecule has 1 aliphatic rings. The second kappa shape index (κ2) is 9.52. The number of anilines is 3. The number of hydrogen-bond acceptors (Lipinski definition) is 5. The minimum Gasteiger partial charge on any atom is -0.350 e. The lowest BCUT2D eigenvalue weighted by Crippen LogP contribution is -2.27. The number of halogens is 4. The van der Waals surface area contributed by atoms with Crippen LogP contribution in [-0.4, -0.2) is 20.4 Å². The van der Waals surface area contributed by atoms with Gasteiger partial charge in [0.25, 0.3) is 10.2 Å². The Hall–Kier alpha value is -3.69. The van der Waals surface area contributed by atoms with Gasteiger partial charge in [-0.2, -0.15) is 13.7 Å². The van der Waals surface area contributed by atoms with E-state index in [1.165, 1.54) is 18.2 Å². The van der Waals surface area contributed by atoms with E-state index in [9.17, 15) is 31.2 Å². The Balaban J connectivity index is 1.65. The zero-order valence-corrected chi connectivity index (χ0v) is 19.1. The molecule has 7 nitrogen and oxygen atoms in total. The summed E-state index contributed by atoms with van der Waals surface area (Å²) in [5.41, 5.74) is -0.746. The molecule has 3 N–H and O–H groups in total. The van der Waals surface area contributed by atoms with Crippen LogP contribution in [0.5, 0.6) is 0 Å². The minimum absolute atomic E-state index is 0.126. The largest absolute Gasteiger partial charge is 0.350 e. The highest BCUT2D eigenvalue weighted by molar-refractivity contribution is 7.90. The standard InChI is InChI=1S/C23H19F4N5O2S/c1-29-35(33,34)32-23-20(26)14(6-7-30-23)8-15-9-16(11-28)22(21(27)19(15)25)31-18-5-4-13(10-17(18)24)12-2-3-12/h4-7,9-10,12,29,31H,2-3,8H2,1H3,(H,30,32). The van der Waals surface area contributed by atoms with Crippen LogP contribution in [0, 0.1) is 34.6 Å². The van der Waals surface area contributed by atoms with Gasteiger partial charge in [0.2, 0.25) is 0 Å². The van der Waals surface area contributed by atoms with Crippen LogP contribution in [0.2, 0.25) is 0 Å². The van der Waals surface area contributed by atoms with Gasteiger partial charge in [0.1, 0.15) is 11.9 Å². The number of nitrogens with one attached hydrogen (secondary N) is 3. The molecule has 0 spiro atoms. The predicted octanol–water partition coefficient (Wildman–Crippen LogP) is 4.60. The van der Waals surface area contributed by atoms with Gasteiger partial charge in [-0.3, -0.25) is 4.72 Å². The molecule has 12 heteroatoms. The summed E-state index contributed by atoms with van der Waals surface area (Å²) in [4.78, 5) is 3.61. The smallest absolute Gasteiger partial charge is 0.300 e. The van der Waals surface area contributed by atoms with Crippen LogP contribution < -0.4 is 14.8 Å². The summed E-state index contributed by atoms with van der Waals surface area (Å²) in [5.74, 6) is -4.90. The Kier molecular flexibility index (Phi) is 6.64. The molecular formula is C23H19F4N5O2S. The summed E-state index contributed by atoms with van der Waals surface area (Å²) in [6.45, 7) is 0. The van der Waals surface area contributed by atoms with Crippen molar-refractivity contribution in [1.29, 1.82) is 5.26 Å². The fourth-order valence-corrected chi connectivity index (χ4v) is 4.03. The predicted molar refractivity (Wildman–Crippen MR) is 121 cm³/mol. The average Bonchev–Trinajstić information content (AvgIpc) is 3.67. The molecule has 1 heterocycles. The molecular weight excluding hydrogens is 486 g/mol. The normalized spacial score (nSPS) is 13.4. The second-order valence-electron chi connectivity index (χ2n) is 7.96. The summed E-state index contributed by atoms with van der Waals surface area (Å²) in [7, 11) is -2.97. The maximum absolute atomic E-state index is 15.0. The summed E-state index contributed by atoms with van der Waals surface area (Å²) < 4.78 is 86.3. The van der Waals surface area contributed by atoms with E-state index in [0.29, 0.717) is 5.92 Å². The summed E-state index contributed by atoms with van der Waals surface area (Å²) in [6, 6.07) is 8.33. The van der Waals surface area contributed by atoms with Gasteiger partial charge in [0.15, 0.2) is 23.3 Å². The molecule has 0 bridgehead atoms. The van der Waals surface area contributed by atoms with Crippen molar-refractivity contribution in [3.8, 4) is 6.07 Å². The van der Waals surface area contributed by atoms with Crippen LogP contribution in [0.4, 0.5) is 34.8 Å². The van der Waals surface area contributed by atoms with Crippen molar-refractivity contribution in [3.05, 3.63) is 82.1 Å². The summed E-state index contributed by atoms with van der Waals surface area (Å²) in [5, 5.41) is 12.0. The third-order valence-corrected chi connectivity index (χ3v) is 6.55. The number of aromatic nitrogens is 1. The first-order valence-corrected chi connectivity index (χ1v) is 11.9. The van der Waals surface area contributed by atoms with E-state index < -0.39 is 51.4 Å². The Morgan fingerprint density at radius 2 is 1.80 bits per heavy atom. The van der Waals surface area contributed by atoms with E-state index in [1.54, 1.807) is 12.1 Å². The first kappa shape index (κ1) is 24.4. The lowest BCUT2D eigenvalue weighted by Gasteiger charge is -2.15. The first-order chi connectivity index (χ1) is 16.6. The molecule has 1 saturated carbocycles. The molecule has 0 saturated heterocycles. The van der Waals surface area contributed by atoms with Crippen molar-refractivity contribution in [3.63, 3.8) is 0 Å². The molecule has 3 aromatic rings. The van der Waals surface area contributed by atoms with E-state index in [-0.39, 0.29) is 22.4 Å². The average molecular weight is 505 g/mol. The Morgan fingerprint density at radius 1 is 1.06 bits per heavy atom. The number of benzene rings is 2. The van der Waals surface area contributed by atoms with Gasteiger partial charge in [0, 0.05) is 19.7 Å². The van der Waals surface area contributed by atoms with Crippen molar-refractivity contribution in [2.75, 3.05) is 17.1 Å². The zero-order valence-electron chi connectivity index (χ0n) is 18.3. The maximum atomic E-state index is 15.0. The zero-order chi connectivity index (χ0) is 25.3. The summed E-state index contributed by atoms with van der Waals surface area (Å²) >= 11 is 0. The topological polar surface area (TPSA) is 107 Å². The van der Waals surface area contributed by atoms with E-state index in [4.69, 9.17) is 0 Å². The van der Waals surface area contributed by atoms with Crippen LogP contribution in [0.25, 0.3) is 0 Å². The van der Waals surface area contributed by atoms with Crippen molar-refractivity contribution in [1.82, 2.24) is 9.71 Å². The number of nitrogens with zero attached hydrogens (tertiary/aromatic N) is 2. The fourth-order valence-electron chi connectivity index (χ4n) is 3.53. The van der Waals surface area contributed by atoms with Crippen LogP contribution in [-0.2, 0) is 16.6 Å². The van der Waals surface area contributed by atoms with E-state index >= 15 is 0 Å². The van der Waals surface area contributed by atoms with E-state index in [0.717, 1.165) is 37.7 Å². The fraction of sp³-hybridized carbons (Fsp3) is 0.217. The van der Waals surface area contributed by atoms with E-state index in [1.807, 2.05) is 9.44 Å². The third-order valence-electron chi connectivity index (χ3n) is 5.55. The summed E-state index contributed by atoms with van der Waals surface area (Å²) in [6.07, 6.45) is 2.51. The SMILES string of the molecule is CNS(=O)(=O)Nc1nccc(Cc2cc(C#N)c(Nc3ccc(C4CC4)cc3F)c(F)c2F)c1F. The van der Waals surface area contributed by atoms with E-state index in [2.05, 4.69) is 10.3 Å². The molecule has 0 amide bonds. The van der Waals surface area contributed by atoms with Crippen LogP contribution in [0.1, 0.15) is 41.0 Å². The molecule has 35 heavy (non-hydrogen) atoms. The number of rotatable bonds is 8. The Bertz CT molecular complexity index is 1450. The highest BCUT2D eigenvalue weighted by atomic mass is 32.2. The van der Waals surface area contributed by atoms with Crippen LogP contribution >= 0.6 is 0 Å². The lowest BCUT2D eigenvalue weighted by molar-refractivity contribution is 0.502. The molecule has 2 aromatic carbocycles. The van der Waals surface area contributed by atoms with Crippen molar-refractivity contribution >= 4 is 27.4 Å². The minimum atomic E-state index is -4.07. The molecule has 0 atom stereocenters. The third kappa shape index (κ3) is 5.21. The van der Waals surface area contributed by atoms with Gasteiger partial charge in [0.05, 0.1) is 16.9 Å². The van der Waals surface area contributed by atoms with Crippen molar-refractivity contribution in [2.24, 2.45) is 0 Å². The van der Waals surface area contributed by atoms with Gasteiger partial charge >= 0.3 is 0 Å². The molecule has 0 aliphatic heterocycles. The quantitative estimate of drug-likeness (QED) is 0.388. The van der Waals surface area contributed by atoms with Gasteiger partial charge in [-0.25, -0.2) is 27.3 Å². The molecule has 1 aromatic heterocycles. The second-order valence-corrected chi connectivity index (χ2v) is 9.57.